The van der Waals surface area contributed by atoms with E-state index in [9.17, 15) is 14.9 Å². The highest BCUT2D eigenvalue weighted by atomic mass is 16.6. The van der Waals surface area contributed by atoms with E-state index in [0.29, 0.717) is 22.6 Å². The zero-order chi connectivity index (χ0) is 18.2. The van der Waals surface area contributed by atoms with Crippen LogP contribution in [0.2, 0.25) is 0 Å². The molecule has 2 aromatic rings. The predicted molar refractivity (Wildman–Crippen MR) is 90.1 cm³/mol. The zero-order valence-electron chi connectivity index (χ0n) is 13.3. The number of rotatable bonds is 6. The molecule has 0 heterocycles. The maximum Gasteiger partial charge on any atom is 0.277 e. The van der Waals surface area contributed by atoms with Gasteiger partial charge in [-0.25, -0.2) is 5.43 Å². The van der Waals surface area contributed by atoms with Crippen LogP contribution >= 0.6 is 0 Å². The van der Waals surface area contributed by atoms with Crippen LogP contribution in [-0.2, 0) is 4.79 Å². The quantitative estimate of drug-likeness (QED) is 0.493. The number of hydrazone groups is 1. The van der Waals surface area contributed by atoms with Crippen molar-refractivity contribution >= 4 is 17.3 Å². The molecule has 0 saturated carbocycles. The summed E-state index contributed by atoms with van der Waals surface area (Å²) in [6, 6.07) is 14.2. The van der Waals surface area contributed by atoms with Gasteiger partial charge in [-0.2, -0.15) is 10.4 Å². The zero-order valence-corrected chi connectivity index (χ0v) is 13.3. The molecule has 0 aliphatic heterocycles. The molecule has 0 aliphatic carbocycles. The molecule has 2 aromatic carbocycles. The number of carbonyl (C=O) groups excluding carboxylic acids is 1. The minimum atomic E-state index is -0.488. The van der Waals surface area contributed by atoms with Crippen LogP contribution in [0.3, 0.4) is 0 Å². The summed E-state index contributed by atoms with van der Waals surface area (Å²) in [4.78, 5) is 21.9. The van der Waals surface area contributed by atoms with Gasteiger partial charge in [-0.3, -0.25) is 14.9 Å². The molecule has 8 heteroatoms. The highest BCUT2D eigenvalue weighted by Crippen LogP contribution is 2.13. The Labute approximate surface area is 143 Å². The highest BCUT2D eigenvalue weighted by molar-refractivity contribution is 5.99. The van der Waals surface area contributed by atoms with E-state index in [4.69, 9.17) is 10.00 Å². The van der Waals surface area contributed by atoms with Crippen LogP contribution in [0.5, 0.6) is 5.75 Å². The van der Waals surface area contributed by atoms with Crippen molar-refractivity contribution < 1.29 is 14.5 Å². The number of nitrogens with one attached hydrogen (secondary N) is 1. The Morgan fingerprint density at radius 1 is 1.24 bits per heavy atom. The maximum atomic E-state index is 11.7. The van der Waals surface area contributed by atoms with Crippen molar-refractivity contribution in [3.05, 3.63) is 69.8 Å². The third-order valence-corrected chi connectivity index (χ3v) is 3.20. The first-order chi connectivity index (χ1) is 12.0. The minimum absolute atomic E-state index is 0.0172. The number of hydrogen-bond donors (Lipinski definition) is 1. The van der Waals surface area contributed by atoms with Crippen molar-refractivity contribution in [2.24, 2.45) is 5.10 Å². The van der Waals surface area contributed by atoms with Gasteiger partial charge in [0.1, 0.15) is 5.75 Å². The predicted octanol–water partition coefficient (Wildman–Crippen LogP) is 2.39. The number of benzene rings is 2. The van der Waals surface area contributed by atoms with E-state index in [-0.39, 0.29) is 12.3 Å². The number of ether oxygens (including phenoxy) is 1. The molecule has 1 N–H and O–H groups in total. The van der Waals surface area contributed by atoms with E-state index in [0.717, 1.165) is 0 Å². The topological polar surface area (TPSA) is 118 Å². The Balaban J connectivity index is 1.87. The molecule has 0 atom stereocenters. The second-order valence-electron chi connectivity index (χ2n) is 4.96. The van der Waals surface area contributed by atoms with Crippen LogP contribution in [0.4, 0.5) is 5.69 Å². The molecule has 8 nitrogen and oxygen atoms in total. The molecule has 126 valence electrons. The van der Waals surface area contributed by atoms with Gasteiger partial charge in [-0.15, -0.1) is 0 Å². The lowest BCUT2D eigenvalue weighted by molar-refractivity contribution is -0.384. The van der Waals surface area contributed by atoms with E-state index < -0.39 is 10.8 Å². The van der Waals surface area contributed by atoms with Gasteiger partial charge in [-0.05, 0) is 48.9 Å². The van der Waals surface area contributed by atoms with Gasteiger partial charge < -0.3 is 4.74 Å². The van der Waals surface area contributed by atoms with Gasteiger partial charge in [0.2, 0.25) is 0 Å². The number of amides is 1. The molecular weight excluding hydrogens is 324 g/mol. The second-order valence-corrected chi connectivity index (χ2v) is 4.96. The fourth-order valence-corrected chi connectivity index (χ4v) is 1.84. The molecular formula is C17H14N4O4. The normalized spacial score (nSPS) is 10.6. The molecule has 0 spiro atoms. The summed E-state index contributed by atoms with van der Waals surface area (Å²) in [5.74, 6) is 0.0100. The number of nitro benzene ring substituents is 1. The number of carbonyl (C=O) groups is 1. The molecule has 0 unspecified atom stereocenters. The summed E-state index contributed by atoms with van der Waals surface area (Å²) in [6.45, 7) is 1.44. The molecule has 25 heavy (non-hydrogen) atoms. The molecule has 0 radical (unpaired) electrons. The molecule has 0 aliphatic rings. The molecule has 0 fully saturated rings. The van der Waals surface area contributed by atoms with E-state index in [1.807, 2.05) is 6.07 Å². The highest BCUT2D eigenvalue weighted by Gasteiger charge is 2.06. The van der Waals surface area contributed by atoms with Crippen LogP contribution in [0.1, 0.15) is 18.1 Å². The van der Waals surface area contributed by atoms with E-state index in [2.05, 4.69) is 10.5 Å². The Morgan fingerprint density at radius 3 is 2.44 bits per heavy atom. The average molecular weight is 338 g/mol. The van der Waals surface area contributed by atoms with E-state index in [1.165, 1.54) is 12.1 Å². The van der Waals surface area contributed by atoms with Crippen molar-refractivity contribution in [1.29, 1.82) is 5.26 Å². The van der Waals surface area contributed by atoms with Gasteiger partial charge >= 0.3 is 0 Å². The number of nitro groups is 1. The van der Waals surface area contributed by atoms with Crippen molar-refractivity contribution in [3.63, 3.8) is 0 Å². The Kier molecular flexibility index (Phi) is 5.79. The summed E-state index contributed by atoms with van der Waals surface area (Å²) in [5.41, 5.74) is 3.99. The minimum Gasteiger partial charge on any atom is -0.484 e. The van der Waals surface area contributed by atoms with Crippen LogP contribution in [-0.4, -0.2) is 23.1 Å². The van der Waals surface area contributed by atoms with Gasteiger partial charge in [0.25, 0.3) is 11.6 Å². The third kappa shape index (κ3) is 5.14. The van der Waals surface area contributed by atoms with Gasteiger partial charge in [-0.1, -0.05) is 0 Å². The molecule has 0 bridgehead atoms. The van der Waals surface area contributed by atoms with Crippen LogP contribution < -0.4 is 10.2 Å². The fourth-order valence-electron chi connectivity index (χ4n) is 1.84. The van der Waals surface area contributed by atoms with Crippen LogP contribution in [0.15, 0.2) is 53.6 Å². The Bertz CT molecular complexity index is 836. The first-order valence-electron chi connectivity index (χ1n) is 7.20. The molecule has 0 saturated heterocycles. The Morgan fingerprint density at radius 2 is 1.88 bits per heavy atom. The van der Waals surface area contributed by atoms with E-state index >= 15 is 0 Å². The van der Waals surface area contributed by atoms with Crippen molar-refractivity contribution in [3.8, 4) is 11.8 Å². The second kappa shape index (κ2) is 8.21. The first-order valence-corrected chi connectivity index (χ1v) is 7.20. The Hall–Kier alpha value is -3.73. The molecule has 2 rings (SSSR count). The smallest absolute Gasteiger partial charge is 0.277 e. The number of hydrogen-bond acceptors (Lipinski definition) is 6. The first kappa shape index (κ1) is 17.6. The SMILES string of the molecule is C/C(=N\NC(=O)COc1ccc(C#N)cc1)c1ccc([N+](=O)[O-])cc1. The maximum absolute atomic E-state index is 11.7. The van der Waals surface area contributed by atoms with Gasteiger partial charge in [0.15, 0.2) is 6.61 Å². The average Bonchev–Trinajstić information content (AvgIpc) is 2.64. The summed E-state index contributed by atoms with van der Waals surface area (Å²) in [7, 11) is 0. The van der Waals surface area contributed by atoms with Crippen LogP contribution in [0.25, 0.3) is 0 Å². The summed E-state index contributed by atoms with van der Waals surface area (Å²) < 4.78 is 5.28. The summed E-state index contributed by atoms with van der Waals surface area (Å²) in [5, 5.41) is 23.2. The number of nitrogens with zero attached hydrogens (tertiary/aromatic N) is 3. The lowest BCUT2D eigenvalue weighted by Gasteiger charge is -2.06. The van der Waals surface area contributed by atoms with Crippen LogP contribution in [0, 0.1) is 21.4 Å². The monoisotopic (exact) mass is 338 g/mol. The van der Waals surface area contributed by atoms with Crippen molar-refractivity contribution in [2.45, 2.75) is 6.92 Å². The lowest BCUT2D eigenvalue weighted by Crippen LogP contribution is -2.25. The largest absolute Gasteiger partial charge is 0.484 e. The lowest BCUT2D eigenvalue weighted by atomic mass is 10.1. The number of non-ortho nitro benzene ring substituents is 1. The molecule has 1 amide bonds. The standard InChI is InChI=1S/C17H14N4O4/c1-12(14-4-6-15(7-5-14)21(23)24)19-20-17(22)11-25-16-8-2-13(10-18)3-9-16/h2-9H,11H2,1H3,(H,20,22)/b19-12+. The van der Waals surface area contributed by atoms with Gasteiger partial charge in [0.05, 0.1) is 22.3 Å². The third-order valence-electron chi connectivity index (χ3n) is 3.20. The van der Waals surface area contributed by atoms with E-state index in [1.54, 1.807) is 43.3 Å². The number of nitriles is 1. The summed E-state index contributed by atoms with van der Waals surface area (Å²) in [6.07, 6.45) is 0. The van der Waals surface area contributed by atoms with Crippen molar-refractivity contribution in [1.82, 2.24) is 5.43 Å². The van der Waals surface area contributed by atoms with Gasteiger partial charge in [0, 0.05) is 12.1 Å². The fraction of sp³-hybridized carbons (Fsp3) is 0.118. The summed E-state index contributed by atoms with van der Waals surface area (Å²) >= 11 is 0. The molecule has 0 aromatic heterocycles. The van der Waals surface area contributed by atoms with Crippen molar-refractivity contribution in [2.75, 3.05) is 6.61 Å².